The number of aryl methyl sites for hydroxylation is 2. The van der Waals surface area contributed by atoms with E-state index in [4.69, 9.17) is 0 Å². The number of aromatic nitrogens is 2. The number of piperazine rings is 1. The number of hydrogen-bond donors (Lipinski definition) is 1. The van der Waals surface area contributed by atoms with Crippen LogP contribution in [-0.4, -0.2) is 53.3 Å². The number of unbranched alkanes of at least 4 members (excludes halogenated alkanes) is 1. The van der Waals surface area contributed by atoms with Gasteiger partial charge in [0.1, 0.15) is 0 Å². The van der Waals surface area contributed by atoms with Crippen molar-refractivity contribution >= 4 is 5.69 Å². The molecule has 2 heterocycles. The van der Waals surface area contributed by atoms with Crippen molar-refractivity contribution in [1.82, 2.24) is 19.4 Å². The molecule has 1 fully saturated rings. The second kappa shape index (κ2) is 9.89. The van der Waals surface area contributed by atoms with Crippen LogP contribution in [0, 0.1) is 6.92 Å². The Hall–Kier alpha value is -2.38. The van der Waals surface area contributed by atoms with Crippen molar-refractivity contribution in [2.24, 2.45) is 14.1 Å². The molecule has 7 heteroatoms. The largest absolute Gasteiger partial charge is 0.369 e. The molecule has 1 aliphatic rings. The summed E-state index contributed by atoms with van der Waals surface area (Å²) in [6, 6.07) is 8.74. The number of nitrogens with zero attached hydrogens (tertiary/aromatic N) is 4. The Kier molecular flexibility index (Phi) is 7.28. The van der Waals surface area contributed by atoms with Gasteiger partial charge in [0.15, 0.2) is 0 Å². The molecule has 1 aromatic carbocycles. The molecule has 3 rings (SSSR count). The van der Waals surface area contributed by atoms with Crippen molar-refractivity contribution in [1.29, 1.82) is 0 Å². The maximum atomic E-state index is 12.1. The summed E-state index contributed by atoms with van der Waals surface area (Å²) in [6.07, 6.45) is 3.85. The summed E-state index contributed by atoms with van der Waals surface area (Å²) in [7, 11) is 3.19. The van der Waals surface area contributed by atoms with Crippen molar-refractivity contribution in [3.05, 3.63) is 62.4 Å². The minimum absolute atomic E-state index is 0.216. The van der Waals surface area contributed by atoms with E-state index < -0.39 is 0 Å². The van der Waals surface area contributed by atoms with Gasteiger partial charge in [-0.1, -0.05) is 12.1 Å². The van der Waals surface area contributed by atoms with Crippen LogP contribution in [0.1, 0.15) is 24.0 Å². The highest BCUT2D eigenvalue weighted by Gasteiger charge is 2.16. The molecule has 0 spiro atoms. The van der Waals surface area contributed by atoms with Gasteiger partial charge in [0.2, 0.25) is 0 Å². The monoisotopic (exact) mass is 399 g/mol. The molecule has 0 bridgehead atoms. The maximum Gasteiger partial charge on any atom is 0.330 e. The van der Waals surface area contributed by atoms with E-state index in [1.807, 2.05) is 0 Å². The van der Waals surface area contributed by atoms with E-state index in [0.29, 0.717) is 12.1 Å². The highest BCUT2D eigenvalue weighted by atomic mass is 16.2. The molecule has 29 heavy (non-hydrogen) atoms. The number of hydrogen-bond acceptors (Lipinski definition) is 5. The molecule has 0 saturated carbocycles. The van der Waals surface area contributed by atoms with Gasteiger partial charge in [-0.3, -0.25) is 14.3 Å². The Morgan fingerprint density at radius 2 is 1.79 bits per heavy atom. The van der Waals surface area contributed by atoms with Gasteiger partial charge in [-0.15, -0.1) is 0 Å². The molecule has 158 valence electrons. The van der Waals surface area contributed by atoms with Gasteiger partial charge in [0.25, 0.3) is 5.56 Å². The molecular weight excluding hydrogens is 366 g/mol. The smallest absolute Gasteiger partial charge is 0.330 e. The van der Waals surface area contributed by atoms with Crippen LogP contribution in [0.4, 0.5) is 5.69 Å². The van der Waals surface area contributed by atoms with E-state index >= 15 is 0 Å². The van der Waals surface area contributed by atoms with Gasteiger partial charge in [-0.25, -0.2) is 4.79 Å². The average Bonchev–Trinajstić information content (AvgIpc) is 2.73. The zero-order valence-electron chi connectivity index (χ0n) is 17.9. The predicted octanol–water partition coefficient (Wildman–Crippen LogP) is 1.08. The third-order valence-electron chi connectivity index (χ3n) is 5.65. The number of benzene rings is 1. The summed E-state index contributed by atoms with van der Waals surface area (Å²) >= 11 is 0. The first-order valence-corrected chi connectivity index (χ1v) is 10.5. The summed E-state index contributed by atoms with van der Waals surface area (Å²) in [5.74, 6) is 0. The van der Waals surface area contributed by atoms with Crippen LogP contribution in [0.2, 0.25) is 0 Å². The Balaban J connectivity index is 1.33. The van der Waals surface area contributed by atoms with Crippen LogP contribution >= 0.6 is 0 Å². The SMILES string of the molecule is Cc1cccc(N2CCN(CCCCNCc3cn(C)c(=O)n(C)c3=O)CC2)c1. The lowest BCUT2D eigenvalue weighted by atomic mass is 10.2. The molecule has 1 saturated heterocycles. The Morgan fingerprint density at radius 3 is 2.52 bits per heavy atom. The Morgan fingerprint density at radius 1 is 1.03 bits per heavy atom. The highest BCUT2D eigenvalue weighted by molar-refractivity contribution is 5.48. The van der Waals surface area contributed by atoms with Crippen molar-refractivity contribution in [3.63, 3.8) is 0 Å². The molecule has 1 aromatic heterocycles. The second-order valence-corrected chi connectivity index (χ2v) is 7.96. The molecule has 0 amide bonds. The zero-order valence-corrected chi connectivity index (χ0v) is 17.9. The second-order valence-electron chi connectivity index (χ2n) is 7.96. The van der Waals surface area contributed by atoms with Crippen LogP contribution in [0.25, 0.3) is 0 Å². The first kappa shape index (κ1) is 21.3. The molecule has 1 aliphatic heterocycles. The fourth-order valence-electron chi connectivity index (χ4n) is 3.87. The molecule has 7 nitrogen and oxygen atoms in total. The molecule has 0 aliphatic carbocycles. The standard InChI is InChI=1S/C22H33N5O2/c1-18-7-6-8-20(15-18)27-13-11-26(12-14-27)10-5-4-9-23-16-19-17-24(2)22(29)25(3)21(19)28/h6-8,15,17,23H,4-5,9-14,16H2,1-3H3. The number of nitrogens with one attached hydrogen (secondary N) is 1. The van der Waals surface area contributed by atoms with E-state index in [9.17, 15) is 9.59 Å². The number of anilines is 1. The maximum absolute atomic E-state index is 12.1. The van der Waals surface area contributed by atoms with Crippen LogP contribution in [0.5, 0.6) is 0 Å². The van der Waals surface area contributed by atoms with Crippen LogP contribution < -0.4 is 21.5 Å². The van der Waals surface area contributed by atoms with E-state index in [0.717, 1.165) is 56.7 Å². The molecule has 0 radical (unpaired) electrons. The lowest BCUT2D eigenvalue weighted by molar-refractivity contribution is 0.252. The van der Waals surface area contributed by atoms with Crippen molar-refractivity contribution in [2.45, 2.75) is 26.3 Å². The average molecular weight is 400 g/mol. The molecule has 0 atom stereocenters. The summed E-state index contributed by atoms with van der Waals surface area (Å²) < 4.78 is 2.61. The van der Waals surface area contributed by atoms with E-state index in [1.54, 1.807) is 13.2 Å². The fraction of sp³-hybridized carbons (Fsp3) is 0.545. The third kappa shape index (κ3) is 5.58. The van der Waals surface area contributed by atoms with Crippen LogP contribution in [-0.2, 0) is 20.6 Å². The highest BCUT2D eigenvalue weighted by Crippen LogP contribution is 2.17. The lowest BCUT2D eigenvalue weighted by Crippen LogP contribution is -2.46. The van der Waals surface area contributed by atoms with Crippen LogP contribution in [0.15, 0.2) is 40.1 Å². The fourth-order valence-corrected chi connectivity index (χ4v) is 3.87. The Bertz CT molecular complexity index is 926. The van der Waals surface area contributed by atoms with Gasteiger partial charge in [-0.05, 0) is 50.6 Å². The van der Waals surface area contributed by atoms with E-state index in [1.165, 1.54) is 22.9 Å². The summed E-state index contributed by atoms with van der Waals surface area (Å²) in [5, 5.41) is 3.33. The topological polar surface area (TPSA) is 62.5 Å². The zero-order chi connectivity index (χ0) is 20.8. The summed E-state index contributed by atoms with van der Waals surface area (Å²) in [5.41, 5.74) is 2.77. The minimum atomic E-state index is -0.291. The quantitative estimate of drug-likeness (QED) is 0.673. The van der Waals surface area contributed by atoms with Crippen molar-refractivity contribution in [3.8, 4) is 0 Å². The van der Waals surface area contributed by atoms with Gasteiger partial charge in [0, 0.05) is 64.3 Å². The summed E-state index contributed by atoms with van der Waals surface area (Å²) in [4.78, 5) is 28.8. The molecule has 0 unspecified atom stereocenters. The van der Waals surface area contributed by atoms with Crippen molar-refractivity contribution < 1.29 is 0 Å². The normalized spacial score (nSPS) is 15.1. The number of rotatable bonds is 8. The van der Waals surface area contributed by atoms with Gasteiger partial charge in [-0.2, -0.15) is 0 Å². The third-order valence-corrected chi connectivity index (χ3v) is 5.65. The minimum Gasteiger partial charge on any atom is -0.369 e. The van der Waals surface area contributed by atoms with Gasteiger partial charge >= 0.3 is 5.69 Å². The summed E-state index contributed by atoms with van der Waals surface area (Å²) in [6.45, 7) is 9.00. The van der Waals surface area contributed by atoms with Crippen molar-refractivity contribution in [2.75, 3.05) is 44.2 Å². The molecule has 2 aromatic rings. The van der Waals surface area contributed by atoms with E-state index in [2.05, 4.69) is 46.3 Å². The lowest BCUT2D eigenvalue weighted by Gasteiger charge is -2.36. The van der Waals surface area contributed by atoms with Gasteiger partial charge in [0.05, 0.1) is 0 Å². The van der Waals surface area contributed by atoms with E-state index in [-0.39, 0.29) is 11.2 Å². The first-order valence-electron chi connectivity index (χ1n) is 10.5. The predicted molar refractivity (Wildman–Crippen MR) is 118 cm³/mol. The van der Waals surface area contributed by atoms with Crippen LogP contribution in [0.3, 0.4) is 0 Å². The molecular formula is C22H33N5O2. The van der Waals surface area contributed by atoms with Gasteiger partial charge < -0.3 is 14.8 Å². The Labute approximate surface area is 172 Å². The first-order chi connectivity index (χ1) is 14.0. The molecule has 1 N–H and O–H groups in total.